The fourth-order valence-electron chi connectivity index (χ4n) is 2.50. The van der Waals surface area contributed by atoms with Crippen LogP contribution < -0.4 is 4.74 Å². The average Bonchev–Trinajstić information content (AvgIpc) is 2.87. The van der Waals surface area contributed by atoms with Gasteiger partial charge in [0.2, 0.25) is 0 Å². The summed E-state index contributed by atoms with van der Waals surface area (Å²) in [5.41, 5.74) is 5.22. The first kappa shape index (κ1) is 10.3. The molecule has 17 heavy (non-hydrogen) atoms. The van der Waals surface area contributed by atoms with E-state index in [9.17, 15) is 0 Å². The second-order valence-corrected chi connectivity index (χ2v) is 4.38. The lowest BCUT2D eigenvalue weighted by Gasteiger charge is -2.08. The Morgan fingerprint density at radius 1 is 1.06 bits per heavy atom. The first-order valence-corrected chi connectivity index (χ1v) is 5.99. The fraction of sp³-hybridized carbons (Fsp3) is 0.267. The first-order valence-electron chi connectivity index (χ1n) is 5.99. The van der Waals surface area contributed by atoms with Gasteiger partial charge in [0.25, 0.3) is 0 Å². The molecule has 0 aliphatic heterocycles. The van der Waals surface area contributed by atoms with Crippen molar-refractivity contribution in [1.29, 1.82) is 0 Å². The maximum atomic E-state index is 5.18. The van der Waals surface area contributed by atoms with Crippen LogP contribution >= 0.6 is 0 Å². The molecule has 3 rings (SSSR count). The minimum absolute atomic E-state index is 0.890. The van der Waals surface area contributed by atoms with Crippen molar-refractivity contribution in [1.82, 2.24) is 4.98 Å². The number of pyridine rings is 1. The summed E-state index contributed by atoms with van der Waals surface area (Å²) in [4.78, 5) is 4.54. The highest BCUT2D eigenvalue weighted by molar-refractivity contribution is 5.66. The number of ether oxygens (including phenoxy) is 1. The number of methoxy groups -OCH3 is 1. The second kappa shape index (κ2) is 4.21. The molecular formula is C15H15NO. The summed E-state index contributed by atoms with van der Waals surface area (Å²) in [6.45, 7) is 0. The number of nitrogens with zero attached hydrogens (tertiary/aromatic N) is 1. The van der Waals surface area contributed by atoms with E-state index in [1.807, 2.05) is 18.3 Å². The predicted molar refractivity (Wildman–Crippen MR) is 68.3 cm³/mol. The van der Waals surface area contributed by atoms with Crippen LogP contribution in [0.5, 0.6) is 5.75 Å². The van der Waals surface area contributed by atoms with E-state index in [-0.39, 0.29) is 0 Å². The van der Waals surface area contributed by atoms with E-state index in [1.54, 1.807) is 7.11 Å². The van der Waals surface area contributed by atoms with Gasteiger partial charge in [-0.2, -0.15) is 0 Å². The lowest BCUT2D eigenvalue weighted by molar-refractivity contribution is 0.415. The molecule has 1 aliphatic carbocycles. The molecule has 0 radical (unpaired) electrons. The molecule has 0 spiro atoms. The lowest BCUT2D eigenvalue weighted by Crippen LogP contribution is -1.92. The van der Waals surface area contributed by atoms with Crippen molar-refractivity contribution in [3.63, 3.8) is 0 Å². The Morgan fingerprint density at radius 3 is 2.65 bits per heavy atom. The van der Waals surface area contributed by atoms with E-state index in [2.05, 4.69) is 23.2 Å². The van der Waals surface area contributed by atoms with E-state index in [0.29, 0.717) is 0 Å². The third kappa shape index (κ3) is 1.80. The van der Waals surface area contributed by atoms with Gasteiger partial charge < -0.3 is 4.74 Å². The smallest absolute Gasteiger partial charge is 0.118 e. The average molecular weight is 225 g/mol. The second-order valence-electron chi connectivity index (χ2n) is 4.38. The molecule has 0 N–H and O–H groups in total. The molecule has 2 nitrogen and oxygen atoms in total. The van der Waals surface area contributed by atoms with Gasteiger partial charge in [-0.15, -0.1) is 0 Å². The number of aromatic nitrogens is 1. The maximum absolute atomic E-state index is 5.18. The monoisotopic (exact) mass is 225 g/mol. The highest BCUT2D eigenvalue weighted by Gasteiger charge is 2.16. The van der Waals surface area contributed by atoms with Crippen molar-refractivity contribution in [2.75, 3.05) is 7.11 Å². The molecule has 1 aromatic heterocycles. The van der Waals surface area contributed by atoms with Crippen molar-refractivity contribution in [2.24, 2.45) is 0 Å². The van der Waals surface area contributed by atoms with Crippen LogP contribution in [0.3, 0.4) is 0 Å². The molecular weight excluding hydrogens is 210 g/mol. The Hall–Kier alpha value is -1.83. The van der Waals surface area contributed by atoms with E-state index in [4.69, 9.17) is 4.74 Å². The van der Waals surface area contributed by atoms with Crippen molar-refractivity contribution in [3.8, 4) is 17.0 Å². The third-order valence-electron chi connectivity index (χ3n) is 3.39. The number of benzene rings is 1. The zero-order valence-corrected chi connectivity index (χ0v) is 9.94. The zero-order chi connectivity index (χ0) is 11.7. The van der Waals surface area contributed by atoms with Crippen LogP contribution in [0, 0.1) is 0 Å². The molecule has 0 bridgehead atoms. The predicted octanol–water partition coefficient (Wildman–Crippen LogP) is 3.25. The van der Waals surface area contributed by atoms with E-state index in [0.717, 1.165) is 17.9 Å². The van der Waals surface area contributed by atoms with Gasteiger partial charge in [0.1, 0.15) is 5.75 Å². The van der Waals surface area contributed by atoms with Gasteiger partial charge in [-0.3, -0.25) is 4.98 Å². The topological polar surface area (TPSA) is 22.1 Å². The van der Waals surface area contributed by atoms with Crippen molar-refractivity contribution in [3.05, 3.63) is 47.7 Å². The Morgan fingerprint density at radius 2 is 1.88 bits per heavy atom. The van der Waals surface area contributed by atoms with E-state index >= 15 is 0 Å². The summed E-state index contributed by atoms with van der Waals surface area (Å²) in [5, 5.41) is 0. The molecule has 0 fully saturated rings. The molecule has 1 heterocycles. The van der Waals surface area contributed by atoms with Crippen molar-refractivity contribution >= 4 is 0 Å². The van der Waals surface area contributed by atoms with Gasteiger partial charge >= 0.3 is 0 Å². The Balaban J connectivity index is 2.06. The third-order valence-corrected chi connectivity index (χ3v) is 3.39. The number of hydrogen-bond donors (Lipinski definition) is 0. The van der Waals surface area contributed by atoms with Crippen molar-refractivity contribution in [2.45, 2.75) is 19.3 Å². The van der Waals surface area contributed by atoms with Gasteiger partial charge in [0.05, 0.1) is 12.8 Å². The molecule has 1 aliphatic rings. The molecule has 0 saturated heterocycles. The van der Waals surface area contributed by atoms with E-state index < -0.39 is 0 Å². The van der Waals surface area contributed by atoms with Crippen LogP contribution in [-0.4, -0.2) is 12.1 Å². The van der Waals surface area contributed by atoms with Crippen LogP contribution in [0.25, 0.3) is 11.3 Å². The number of aryl methyl sites for hydroxylation is 1. The fourth-order valence-corrected chi connectivity index (χ4v) is 2.50. The van der Waals surface area contributed by atoms with Gasteiger partial charge in [-0.25, -0.2) is 0 Å². The van der Waals surface area contributed by atoms with Gasteiger partial charge in [0, 0.05) is 11.8 Å². The van der Waals surface area contributed by atoms with E-state index in [1.165, 1.54) is 29.5 Å². The summed E-state index contributed by atoms with van der Waals surface area (Å²) >= 11 is 0. The van der Waals surface area contributed by atoms with Gasteiger partial charge in [0.15, 0.2) is 0 Å². The number of hydrogen-bond acceptors (Lipinski definition) is 2. The molecule has 0 amide bonds. The molecule has 0 saturated carbocycles. The Labute approximate surface area is 101 Å². The van der Waals surface area contributed by atoms with Crippen LogP contribution in [-0.2, 0) is 12.8 Å². The van der Waals surface area contributed by atoms with Gasteiger partial charge in [-0.05, 0) is 60.7 Å². The summed E-state index contributed by atoms with van der Waals surface area (Å²) in [7, 11) is 1.69. The molecule has 1 aromatic carbocycles. The Kier molecular flexibility index (Phi) is 2.56. The maximum Gasteiger partial charge on any atom is 0.118 e. The van der Waals surface area contributed by atoms with Crippen LogP contribution in [0.4, 0.5) is 0 Å². The summed E-state index contributed by atoms with van der Waals surface area (Å²) in [5.74, 6) is 0.890. The Bertz CT molecular complexity index is 531. The number of fused-ring (bicyclic) bond motifs is 1. The summed E-state index contributed by atoms with van der Waals surface area (Å²) in [6, 6.07) is 10.3. The minimum Gasteiger partial charge on any atom is -0.497 e. The molecule has 2 aromatic rings. The normalized spacial score (nSPS) is 13.5. The lowest BCUT2D eigenvalue weighted by atomic mass is 10.0. The molecule has 0 unspecified atom stereocenters. The van der Waals surface area contributed by atoms with Crippen LogP contribution in [0.1, 0.15) is 17.5 Å². The highest BCUT2D eigenvalue weighted by Crippen LogP contribution is 2.31. The zero-order valence-electron chi connectivity index (χ0n) is 9.94. The highest BCUT2D eigenvalue weighted by atomic mass is 16.5. The van der Waals surface area contributed by atoms with Crippen molar-refractivity contribution < 1.29 is 4.74 Å². The summed E-state index contributed by atoms with van der Waals surface area (Å²) < 4.78 is 5.18. The summed E-state index contributed by atoms with van der Waals surface area (Å²) in [6.07, 6.45) is 5.53. The van der Waals surface area contributed by atoms with Crippen LogP contribution in [0.15, 0.2) is 36.5 Å². The van der Waals surface area contributed by atoms with Gasteiger partial charge in [-0.1, -0.05) is 0 Å². The standard InChI is InChI=1S/C15H15NO/c1-17-13-7-5-12(6-8-13)15-14-4-2-3-11(14)9-10-16-15/h5-10H,2-4H2,1H3. The SMILES string of the molecule is COc1ccc(-c2nccc3c2CCC3)cc1. The molecule has 0 atom stereocenters. The minimum atomic E-state index is 0.890. The molecule has 86 valence electrons. The quantitative estimate of drug-likeness (QED) is 0.782. The largest absolute Gasteiger partial charge is 0.497 e. The molecule has 2 heteroatoms. The number of rotatable bonds is 2. The first-order chi connectivity index (χ1) is 8.38. The van der Waals surface area contributed by atoms with Crippen LogP contribution in [0.2, 0.25) is 0 Å².